The number of nitriles is 1. The maximum absolute atomic E-state index is 12.4. The van der Waals surface area contributed by atoms with Crippen LogP contribution in [-0.2, 0) is 4.79 Å². The van der Waals surface area contributed by atoms with Gasteiger partial charge in [-0.25, -0.2) is 0 Å². The number of anilines is 1. The minimum Gasteiger partial charge on any atom is -0.454 e. The number of ether oxygens (including phenoxy) is 2. The highest BCUT2D eigenvalue weighted by Crippen LogP contribution is 2.35. The molecule has 0 radical (unpaired) electrons. The first-order chi connectivity index (χ1) is 12.0. The number of carbonyl (C=O) groups excluding carboxylic acids is 1. The summed E-state index contributed by atoms with van der Waals surface area (Å²) in [6, 6.07) is 11.2. The number of rotatable bonds is 3. The molecule has 1 aliphatic heterocycles. The first-order valence-corrected chi connectivity index (χ1v) is 7.88. The molecule has 5 nitrogen and oxygen atoms in total. The van der Waals surface area contributed by atoms with Crippen LogP contribution in [0.4, 0.5) is 5.69 Å². The van der Waals surface area contributed by atoms with Gasteiger partial charge in [0.05, 0.1) is 0 Å². The van der Waals surface area contributed by atoms with Gasteiger partial charge in [-0.3, -0.25) is 4.79 Å². The van der Waals surface area contributed by atoms with E-state index in [-0.39, 0.29) is 12.4 Å². The van der Waals surface area contributed by atoms with E-state index in [4.69, 9.17) is 9.47 Å². The third-order valence-electron chi connectivity index (χ3n) is 4.19. The van der Waals surface area contributed by atoms with E-state index in [1.807, 2.05) is 51.1 Å². The van der Waals surface area contributed by atoms with Gasteiger partial charge < -0.3 is 14.8 Å². The van der Waals surface area contributed by atoms with Crippen molar-refractivity contribution in [3.05, 3.63) is 58.2 Å². The van der Waals surface area contributed by atoms with Gasteiger partial charge in [-0.15, -0.1) is 0 Å². The number of hydrogen-bond donors (Lipinski definition) is 1. The number of fused-ring (bicyclic) bond motifs is 1. The van der Waals surface area contributed by atoms with Crippen LogP contribution in [0.3, 0.4) is 0 Å². The van der Waals surface area contributed by atoms with Gasteiger partial charge in [0.15, 0.2) is 11.5 Å². The number of carbonyl (C=O) groups is 1. The van der Waals surface area contributed by atoms with Crippen LogP contribution in [0.2, 0.25) is 0 Å². The highest BCUT2D eigenvalue weighted by atomic mass is 16.7. The lowest BCUT2D eigenvalue weighted by molar-refractivity contribution is -0.112. The van der Waals surface area contributed by atoms with Crippen LogP contribution in [0.25, 0.3) is 6.08 Å². The summed E-state index contributed by atoms with van der Waals surface area (Å²) < 4.78 is 10.7. The SMILES string of the molecule is Cc1ccc(NC(=O)/C(C#N)=C/c2cc3c(cc2C)OCO3)cc1C. The molecule has 1 N–H and O–H groups in total. The predicted octanol–water partition coefficient (Wildman–Crippen LogP) is 3.89. The van der Waals surface area contributed by atoms with Gasteiger partial charge in [0.25, 0.3) is 5.91 Å². The number of nitrogens with one attached hydrogen (secondary N) is 1. The van der Waals surface area contributed by atoms with E-state index < -0.39 is 5.91 Å². The fourth-order valence-corrected chi connectivity index (χ4v) is 2.54. The van der Waals surface area contributed by atoms with Crippen LogP contribution in [0, 0.1) is 32.1 Å². The minimum absolute atomic E-state index is 0.0280. The van der Waals surface area contributed by atoms with E-state index in [0.717, 1.165) is 22.3 Å². The van der Waals surface area contributed by atoms with E-state index in [0.29, 0.717) is 17.2 Å². The summed E-state index contributed by atoms with van der Waals surface area (Å²) in [5.41, 5.74) is 4.56. The van der Waals surface area contributed by atoms with E-state index >= 15 is 0 Å². The molecule has 0 saturated heterocycles. The van der Waals surface area contributed by atoms with Crippen molar-refractivity contribution in [2.45, 2.75) is 20.8 Å². The summed E-state index contributed by atoms with van der Waals surface area (Å²) in [4.78, 5) is 12.4. The van der Waals surface area contributed by atoms with Crippen LogP contribution in [0.15, 0.2) is 35.9 Å². The maximum atomic E-state index is 12.4. The second-order valence-corrected chi connectivity index (χ2v) is 5.99. The van der Waals surface area contributed by atoms with Crippen LogP contribution < -0.4 is 14.8 Å². The predicted molar refractivity (Wildman–Crippen MR) is 95.4 cm³/mol. The third kappa shape index (κ3) is 3.48. The summed E-state index contributed by atoms with van der Waals surface area (Å²) in [6.45, 7) is 6.05. The molecular weight excluding hydrogens is 316 g/mol. The average Bonchev–Trinajstić information content (AvgIpc) is 3.02. The molecule has 0 spiro atoms. The van der Waals surface area contributed by atoms with Crippen molar-refractivity contribution < 1.29 is 14.3 Å². The van der Waals surface area contributed by atoms with Gasteiger partial charge in [0, 0.05) is 5.69 Å². The lowest BCUT2D eigenvalue weighted by Gasteiger charge is -2.08. The van der Waals surface area contributed by atoms with E-state index in [1.165, 1.54) is 0 Å². The highest BCUT2D eigenvalue weighted by Gasteiger charge is 2.16. The summed E-state index contributed by atoms with van der Waals surface area (Å²) in [7, 11) is 0. The second-order valence-electron chi connectivity index (χ2n) is 5.99. The quantitative estimate of drug-likeness (QED) is 0.683. The molecule has 0 aliphatic carbocycles. The Labute approximate surface area is 146 Å². The molecule has 2 aromatic rings. The Balaban J connectivity index is 1.86. The average molecular weight is 334 g/mol. The van der Waals surface area contributed by atoms with Gasteiger partial charge >= 0.3 is 0 Å². The van der Waals surface area contributed by atoms with Crippen molar-refractivity contribution in [1.82, 2.24) is 0 Å². The third-order valence-corrected chi connectivity index (χ3v) is 4.19. The molecule has 25 heavy (non-hydrogen) atoms. The Morgan fingerprint density at radius 1 is 1.08 bits per heavy atom. The summed E-state index contributed by atoms with van der Waals surface area (Å²) in [5.74, 6) is 0.847. The largest absolute Gasteiger partial charge is 0.454 e. The Morgan fingerprint density at radius 3 is 2.48 bits per heavy atom. The number of nitrogens with zero attached hydrogens (tertiary/aromatic N) is 1. The van der Waals surface area contributed by atoms with Crippen molar-refractivity contribution in [2.75, 3.05) is 12.1 Å². The molecule has 0 fully saturated rings. The van der Waals surface area contributed by atoms with Crippen LogP contribution in [0.1, 0.15) is 22.3 Å². The molecule has 0 atom stereocenters. The molecule has 1 heterocycles. The molecule has 1 amide bonds. The maximum Gasteiger partial charge on any atom is 0.266 e. The smallest absolute Gasteiger partial charge is 0.266 e. The number of amides is 1. The molecule has 0 saturated carbocycles. The van der Waals surface area contributed by atoms with Gasteiger partial charge in [0.2, 0.25) is 6.79 Å². The Bertz CT molecular complexity index is 923. The first-order valence-electron chi connectivity index (χ1n) is 7.88. The zero-order valence-electron chi connectivity index (χ0n) is 14.3. The monoisotopic (exact) mass is 334 g/mol. The zero-order chi connectivity index (χ0) is 18.0. The van der Waals surface area contributed by atoms with E-state index in [1.54, 1.807) is 12.1 Å². The molecule has 2 aromatic carbocycles. The molecule has 126 valence electrons. The Kier molecular flexibility index (Phi) is 4.44. The minimum atomic E-state index is -0.442. The molecule has 5 heteroatoms. The van der Waals surface area contributed by atoms with Crippen LogP contribution in [0.5, 0.6) is 11.5 Å². The fourth-order valence-electron chi connectivity index (χ4n) is 2.54. The lowest BCUT2D eigenvalue weighted by Crippen LogP contribution is -2.13. The fraction of sp³-hybridized carbons (Fsp3) is 0.200. The Hall–Kier alpha value is -3.26. The zero-order valence-corrected chi connectivity index (χ0v) is 14.3. The number of benzene rings is 2. The first kappa shape index (κ1) is 16.6. The highest BCUT2D eigenvalue weighted by molar-refractivity contribution is 6.09. The number of aryl methyl sites for hydroxylation is 3. The molecule has 0 unspecified atom stereocenters. The van der Waals surface area contributed by atoms with Crippen molar-refractivity contribution >= 4 is 17.7 Å². The number of hydrogen-bond acceptors (Lipinski definition) is 4. The van der Waals surface area contributed by atoms with Gasteiger partial charge in [-0.1, -0.05) is 6.07 Å². The topological polar surface area (TPSA) is 71.4 Å². The molecule has 1 aliphatic rings. The summed E-state index contributed by atoms with van der Waals surface area (Å²) in [6.07, 6.45) is 1.56. The second kappa shape index (κ2) is 6.70. The normalized spacial score (nSPS) is 12.6. The standard InChI is InChI=1S/C20H18N2O3/c1-12-4-5-17(6-13(12)2)22-20(23)16(10-21)8-15-9-19-18(7-14(15)3)24-11-25-19/h4-9H,11H2,1-3H3,(H,22,23)/b16-8+. The van der Waals surface area contributed by atoms with Crippen LogP contribution in [-0.4, -0.2) is 12.7 Å². The van der Waals surface area contributed by atoms with Crippen molar-refractivity contribution in [3.63, 3.8) is 0 Å². The Morgan fingerprint density at radius 2 is 1.80 bits per heavy atom. The van der Waals surface area contributed by atoms with Crippen LogP contribution >= 0.6 is 0 Å². The van der Waals surface area contributed by atoms with E-state index in [9.17, 15) is 10.1 Å². The van der Waals surface area contributed by atoms with E-state index in [2.05, 4.69) is 5.32 Å². The molecule has 3 rings (SSSR count). The van der Waals surface area contributed by atoms with Crippen molar-refractivity contribution in [1.29, 1.82) is 5.26 Å². The molecule has 0 bridgehead atoms. The molecule has 0 aromatic heterocycles. The lowest BCUT2D eigenvalue weighted by atomic mass is 10.0. The molecular formula is C20H18N2O3. The van der Waals surface area contributed by atoms with Crippen molar-refractivity contribution in [2.24, 2.45) is 0 Å². The van der Waals surface area contributed by atoms with Crippen molar-refractivity contribution in [3.8, 4) is 17.6 Å². The van der Waals surface area contributed by atoms with Gasteiger partial charge in [-0.2, -0.15) is 5.26 Å². The summed E-state index contributed by atoms with van der Waals surface area (Å²) >= 11 is 0. The van der Waals surface area contributed by atoms with Gasteiger partial charge in [-0.05, 0) is 73.4 Å². The summed E-state index contributed by atoms with van der Waals surface area (Å²) in [5, 5.41) is 12.2. The van der Waals surface area contributed by atoms with Gasteiger partial charge in [0.1, 0.15) is 11.6 Å².